The van der Waals surface area contributed by atoms with Crippen molar-refractivity contribution < 1.29 is 9.59 Å². The first-order valence-corrected chi connectivity index (χ1v) is 9.19. The average molecular weight is 423 g/mol. The zero-order chi connectivity index (χ0) is 16.2. The molecular formula is C15H20Cl2N4O2S2. The van der Waals surface area contributed by atoms with Crippen LogP contribution in [-0.2, 0) is 11.2 Å². The maximum Gasteiger partial charge on any atom is 0.267 e. The third kappa shape index (κ3) is 5.65. The predicted molar refractivity (Wildman–Crippen MR) is 107 cm³/mol. The van der Waals surface area contributed by atoms with Crippen LogP contribution in [0.1, 0.15) is 22.3 Å². The summed E-state index contributed by atoms with van der Waals surface area (Å²) < 4.78 is 0. The molecule has 0 bridgehead atoms. The van der Waals surface area contributed by atoms with Crippen LogP contribution in [0, 0.1) is 0 Å². The molecule has 1 aliphatic heterocycles. The van der Waals surface area contributed by atoms with E-state index in [1.165, 1.54) is 22.7 Å². The molecule has 2 aromatic rings. The molecule has 10 heteroatoms. The minimum Gasteiger partial charge on any atom is -0.337 e. The molecule has 1 fully saturated rings. The fourth-order valence-electron chi connectivity index (χ4n) is 2.48. The van der Waals surface area contributed by atoms with Crippen LogP contribution in [-0.4, -0.2) is 47.4 Å². The lowest BCUT2D eigenvalue weighted by atomic mass is 10.2. The molecule has 0 unspecified atom stereocenters. The van der Waals surface area contributed by atoms with Crippen LogP contribution in [0.4, 0.5) is 5.13 Å². The van der Waals surface area contributed by atoms with Crippen LogP contribution >= 0.6 is 47.5 Å². The Morgan fingerprint density at radius 3 is 2.88 bits per heavy atom. The van der Waals surface area contributed by atoms with Gasteiger partial charge in [0.05, 0.1) is 17.0 Å². The summed E-state index contributed by atoms with van der Waals surface area (Å²) in [6.45, 7) is 4.42. The summed E-state index contributed by atoms with van der Waals surface area (Å²) in [4.78, 5) is 31.2. The number of thiophene rings is 1. The van der Waals surface area contributed by atoms with Gasteiger partial charge in [0.1, 0.15) is 0 Å². The topological polar surface area (TPSA) is 74.3 Å². The van der Waals surface area contributed by atoms with E-state index in [4.69, 9.17) is 0 Å². The molecule has 6 nitrogen and oxygen atoms in total. The third-order valence-electron chi connectivity index (χ3n) is 3.67. The van der Waals surface area contributed by atoms with Crippen molar-refractivity contribution in [1.82, 2.24) is 15.2 Å². The molecular weight excluding hydrogens is 403 g/mol. The number of anilines is 1. The Hall–Kier alpha value is -1.19. The first kappa shape index (κ1) is 21.9. The SMILES string of the molecule is C[C@H]1CNCCN1C(=O)Cc1csc(NC(=O)c2cccs2)n1.Cl.Cl. The number of amides is 2. The Morgan fingerprint density at radius 2 is 2.20 bits per heavy atom. The van der Waals surface area contributed by atoms with Gasteiger partial charge < -0.3 is 10.2 Å². The lowest BCUT2D eigenvalue weighted by molar-refractivity contribution is -0.133. The molecule has 2 aromatic heterocycles. The van der Waals surface area contributed by atoms with E-state index in [1.807, 2.05) is 28.7 Å². The van der Waals surface area contributed by atoms with Crippen LogP contribution < -0.4 is 10.6 Å². The van der Waals surface area contributed by atoms with Crippen LogP contribution in [0.15, 0.2) is 22.9 Å². The second-order valence-electron chi connectivity index (χ2n) is 5.39. The Balaban J connectivity index is 0.00000156. The van der Waals surface area contributed by atoms with Crippen molar-refractivity contribution in [1.29, 1.82) is 0 Å². The average Bonchev–Trinajstić information content (AvgIpc) is 3.19. The van der Waals surface area contributed by atoms with Gasteiger partial charge >= 0.3 is 0 Å². The van der Waals surface area contributed by atoms with Gasteiger partial charge in [0, 0.05) is 31.1 Å². The minimum atomic E-state index is -0.164. The largest absolute Gasteiger partial charge is 0.337 e. The highest BCUT2D eigenvalue weighted by molar-refractivity contribution is 7.14. The van der Waals surface area contributed by atoms with Crippen molar-refractivity contribution in [3.63, 3.8) is 0 Å². The second-order valence-corrected chi connectivity index (χ2v) is 7.20. The van der Waals surface area contributed by atoms with Gasteiger partial charge in [-0.1, -0.05) is 6.07 Å². The molecule has 0 saturated carbocycles. The molecule has 3 heterocycles. The fourth-order valence-corrected chi connectivity index (χ4v) is 3.80. The first-order chi connectivity index (χ1) is 11.1. The number of hydrogen-bond acceptors (Lipinski definition) is 6. The van der Waals surface area contributed by atoms with Crippen LogP contribution in [0.2, 0.25) is 0 Å². The molecule has 0 aliphatic carbocycles. The van der Waals surface area contributed by atoms with Gasteiger partial charge in [0.15, 0.2) is 5.13 Å². The minimum absolute atomic E-state index is 0. The van der Waals surface area contributed by atoms with Crippen molar-refractivity contribution in [2.75, 3.05) is 25.0 Å². The fraction of sp³-hybridized carbons (Fsp3) is 0.400. The summed E-state index contributed by atoms with van der Waals surface area (Å²) in [6, 6.07) is 3.80. The van der Waals surface area contributed by atoms with Crippen LogP contribution in [0.25, 0.3) is 0 Å². The lowest BCUT2D eigenvalue weighted by Gasteiger charge is -2.33. The summed E-state index contributed by atoms with van der Waals surface area (Å²) in [5.41, 5.74) is 0.701. The van der Waals surface area contributed by atoms with Gasteiger partial charge in [-0.2, -0.15) is 0 Å². The Kier molecular flexibility index (Phi) is 8.81. The van der Waals surface area contributed by atoms with E-state index >= 15 is 0 Å². The van der Waals surface area contributed by atoms with E-state index in [1.54, 1.807) is 6.07 Å². The number of piperazine rings is 1. The summed E-state index contributed by atoms with van der Waals surface area (Å²) in [5, 5.41) is 10.3. The Bertz CT molecular complexity index is 694. The van der Waals surface area contributed by atoms with Crippen molar-refractivity contribution in [3.05, 3.63) is 33.5 Å². The molecule has 2 amide bonds. The molecule has 0 radical (unpaired) electrons. The highest BCUT2D eigenvalue weighted by Gasteiger charge is 2.23. The normalized spacial score (nSPS) is 16.5. The Morgan fingerprint density at radius 1 is 1.40 bits per heavy atom. The molecule has 25 heavy (non-hydrogen) atoms. The standard InChI is InChI=1S/C15H18N4O2S2.2ClH/c1-10-8-16-4-5-19(10)13(20)7-11-9-23-15(17-11)18-14(21)12-3-2-6-22-12;;/h2-3,6,9-10,16H,4-5,7-8H2,1H3,(H,17,18,21);2*1H/t10-;;/m0../s1. The van der Waals surface area contributed by atoms with Gasteiger partial charge in [-0.05, 0) is 18.4 Å². The summed E-state index contributed by atoms with van der Waals surface area (Å²) in [5.74, 6) is -0.0802. The zero-order valence-corrected chi connectivity index (χ0v) is 16.8. The number of nitrogens with one attached hydrogen (secondary N) is 2. The van der Waals surface area contributed by atoms with Gasteiger partial charge in [-0.25, -0.2) is 4.98 Å². The molecule has 0 aromatic carbocycles. The Labute approximate surface area is 166 Å². The van der Waals surface area contributed by atoms with Gasteiger partial charge in [0.25, 0.3) is 5.91 Å². The van der Waals surface area contributed by atoms with E-state index in [2.05, 4.69) is 15.6 Å². The molecule has 138 valence electrons. The number of thiazole rings is 1. The van der Waals surface area contributed by atoms with E-state index < -0.39 is 0 Å². The maximum absolute atomic E-state index is 12.4. The third-order valence-corrected chi connectivity index (χ3v) is 5.35. The highest BCUT2D eigenvalue weighted by Crippen LogP contribution is 2.19. The molecule has 1 saturated heterocycles. The summed E-state index contributed by atoms with van der Waals surface area (Å²) in [6.07, 6.45) is 0.274. The van der Waals surface area contributed by atoms with Crippen molar-refractivity contribution >= 4 is 64.4 Å². The number of rotatable bonds is 4. The van der Waals surface area contributed by atoms with Crippen LogP contribution in [0.5, 0.6) is 0 Å². The number of carbonyl (C=O) groups excluding carboxylic acids is 2. The van der Waals surface area contributed by atoms with Gasteiger partial charge in [-0.3, -0.25) is 14.9 Å². The first-order valence-electron chi connectivity index (χ1n) is 7.43. The summed E-state index contributed by atoms with van der Waals surface area (Å²) in [7, 11) is 0. The molecule has 3 rings (SSSR count). The number of carbonyl (C=O) groups is 2. The smallest absolute Gasteiger partial charge is 0.267 e. The molecule has 0 spiro atoms. The number of nitrogens with zero attached hydrogens (tertiary/aromatic N) is 2. The predicted octanol–water partition coefficient (Wildman–Crippen LogP) is 2.66. The number of aromatic nitrogens is 1. The van der Waals surface area contributed by atoms with Crippen molar-refractivity contribution in [3.8, 4) is 0 Å². The van der Waals surface area contributed by atoms with E-state index in [9.17, 15) is 9.59 Å². The second kappa shape index (κ2) is 10.1. The molecule has 1 aliphatic rings. The van der Waals surface area contributed by atoms with E-state index in [-0.39, 0.29) is 49.1 Å². The quantitative estimate of drug-likeness (QED) is 0.793. The van der Waals surface area contributed by atoms with Crippen molar-refractivity contribution in [2.24, 2.45) is 0 Å². The number of hydrogen-bond donors (Lipinski definition) is 2. The maximum atomic E-state index is 12.4. The molecule has 1 atom stereocenters. The molecule has 2 N–H and O–H groups in total. The van der Waals surface area contributed by atoms with Crippen LogP contribution in [0.3, 0.4) is 0 Å². The summed E-state index contributed by atoms with van der Waals surface area (Å²) >= 11 is 2.73. The van der Waals surface area contributed by atoms with Gasteiger partial charge in [0.2, 0.25) is 5.91 Å². The van der Waals surface area contributed by atoms with E-state index in [0.29, 0.717) is 15.7 Å². The van der Waals surface area contributed by atoms with Crippen molar-refractivity contribution in [2.45, 2.75) is 19.4 Å². The monoisotopic (exact) mass is 422 g/mol. The zero-order valence-electron chi connectivity index (χ0n) is 13.6. The van der Waals surface area contributed by atoms with Gasteiger partial charge in [-0.15, -0.1) is 47.5 Å². The highest BCUT2D eigenvalue weighted by atomic mass is 35.5. The lowest BCUT2D eigenvalue weighted by Crippen LogP contribution is -2.52. The number of halogens is 2. The van der Waals surface area contributed by atoms with E-state index in [0.717, 1.165) is 19.6 Å².